The Balaban J connectivity index is 2.83. The normalized spacial score (nSPS) is 11.2. The van der Waals surface area contributed by atoms with Gasteiger partial charge in [-0.25, -0.2) is 13.2 Å². The van der Waals surface area contributed by atoms with E-state index in [-0.39, 0.29) is 17.2 Å². The molecule has 0 fully saturated rings. The van der Waals surface area contributed by atoms with E-state index in [9.17, 15) is 13.2 Å². The van der Waals surface area contributed by atoms with Crippen molar-refractivity contribution in [1.29, 1.82) is 0 Å². The second-order valence-corrected chi connectivity index (χ2v) is 6.11. The van der Waals surface area contributed by atoms with E-state index in [1.54, 1.807) is 0 Å². The second kappa shape index (κ2) is 5.37. The van der Waals surface area contributed by atoms with Gasteiger partial charge in [0.1, 0.15) is 5.88 Å². The number of rotatable bonds is 5. The molecule has 1 rings (SSSR count). The largest absolute Gasteiger partial charge is 0.478 e. The first-order chi connectivity index (χ1) is 7.85. The van der Waals surface area contributed by atoms with E-state index in [1.807, 2.05) is 0 Å². The van der Waals surface area contributed by atoms with E-state index < -0.39 is 15.8 Å². The Morgan fingerprint density at radius 3 is 2.29 bits per heavy atom. The molecular formula is C10H12ClNO4S. The Morgan fingerprint density at radius 2 is 1.88 bits per heavy atom. The van der Waals surface area contributed by atoms with Crippen LogP contribution in [-0.4, -0.2) is 31.1 Å². The van der Waals surface area contributed by atoms with Gasteiger partial charge >= 0.3 is 5.97 Å². The Kier molecular flexibility index (Phi) is 4.36. The van der Waals surface area contributed by atoms with Gasteiger partial charge in [-0.2, -0.15) is 0 Å². The summed E-state index contributed by atoms with van der Waals surface area (Å²) in [6.07, 6.45) is 0. The lowest BCUT2D eigenvalue weighted by Gasteiger charge is -2.15. The van der Waals surface area contributed by atoms with Crippen molar-refractivity contribution in [2.45, 2.75) is 6.92 Å². The lowest BCUT2D eigenvalue weighted by Crippen LogP contribution is -2.22. The minimum atomic E-state index is -3.22. The van der Waals surface area contributed by atoms with Gasteiger partial charge in [-0.3, -0.25) is 4.42 Å². The molecule has 17 heavy (non-hydrogen) atoms. The third-order valence-corrected chi connectivity index (χ3v) is 4.13. The number of hydrogen-bond donors (Lipinski definition) is 1. The number of carbonyl (C=O) groups is 1. The molecule has 0 atom stereocenters. The van der Waals surface area contributed by atoms with Gasteiger partial charge in [0, 0.05) is 17.5 Å². The molecule has 0 spiro atoms. The summed E-state index contributed by atoms with van der Waals surface area (Å²) in [5.41, 5.74) is 0.561. The van der Waals surface area contributed by atoms with Crippen LogP contribution in [0.25, 0.3) is 0 Å². The van der Waals surface area contributed by atoms with E-state index in [2.05, 4.69) is 0 Å². The summed E-state index contributed by atoms with van der Waals surface area (Å²) in [7, 11) is -3.22. The first kappa shape index (κ1) is 13.8. The van der Waals surface area contributed by atoms with Crippen molar-refractivity contribution in [2.24, 2.45) is 0 Å². The molecule has 1 aromatic carbocycles. The van der Waals surface area contributed by atoms with Gasteiger partial charge in [-0.15, -0.1) is 0 Å². The van der Waals surface area contributed by atoms with Crippen molar-refractivity contribution in [3.63, 3.8) is 0 Å². The van der Waals surface area contributed by atoms with Crippen LogP contribution in [0.2, 0.25) is 0 Å². The lowest BCUT2D eigenvalue weighted by molar-refractivity contribution is 0.0697. The SMILES string of the molecule is CCS(=O)(=O)CN(Cl)c1ccc(C(=O)O)cc1. The minimum Gasteiger partial charge on any atom is -0.478 e. The third-order valence-electron chi connectivity index (χ3n) is 2.14. The Hall–Kier alpha value is -1.27. The number of carboxylic acid groups (broad SMARTS) is 1. The van der Waals surface area contributed by atoms with Crippen LogP contribution in [0.15, 0.2) is 24.3 Å². The molecular weight excluding hydrogens is 266 g/mol. The fraction of sp³-hybridized carbons (Fsp3) is 0.300. The van der Waals surface area contributed by atoms with Crippen molar-refractivity contribution in [2.75, 3.05) is 16.0 Å². The summed E-state index contributed by atoms with van der Waals surface area (Å²) in [6, 6.07) is 5.65. The summed E-state index contributed by atoms with van der Waals surface area (Å²) >= 11 is 5.81. The highest BCUT2D eigenvalue weighted by molar-refractivity contribution is 7.91. The fourth-order valence-corrected chi connectivity index (χ4v) is 2.34. The summed E-state index contributed by atoms with van der Waals surface area (Å²) in [6.45, 7) is 1.54. The zero-order valence-corrected chi connectivity index (χ0v) is 10.7. The molecule has 0 amide bonds. The number of sulfone groups is 1. The zero-order valence-electron chi connectivity index (χ0n) is 9.13. The lowest BCUT2D eigenvalue weighted by atomic mass is 10.2. The van der Waals surface area contributed by atoms with Crippen LogP contribution in [0.3, 0.4) is 0 Å². The van der Waals surface area contributed by atoms with E-state index in [0.29, 0.717) is 5.69 Å². The molecule has 0 radical (unpaired) electrons. The average Bonchev–Trinajstić information content (AvgIpc) is 2.28. The van der Waals surface area contributed by atoms with Crippen LogP contribution >= 0.6 is 11.8 Å². The number of nitrogens with zero attached hydrogens (tertiary/aromatic N) is 1. The molecule has 1 N–H and O–H groups in total. The molecule has 5 nitrogen and oxygen atoms in total. The van der Waals surface area contributed by atoms with Crippen LogP contribution in [0, 0.1) is 0 Å². The maximum Gasteiger partial charge on any atom is 0.335 e. The topological polar surface area (TPSA) is 74.7 Å². The number of aromatic carboxylic acids is 1. The van der Waals surface area contributed by atoms with Crippen molar-refractivity contribution in [3.8, 4) is 0 Å². The van der Waals surface area contributed by atoms with Gasteiger partial charge in [0.05, 0.1) is 11.3 Å². The monoisotopic (exact) mass is 277 g/mol. The van der Waals surface area contributed by atoms with Crippen molar-refractivity contribution in [3.05, 3.63) is 29.8 Å². The molecule has 0 aliphatic rings. The molecule has 0 unspecified atom stereocenters. The van der Waals surface area contributed by atoms with Gasteiger partial charge < -0.3 is 5.11 Å². The van der Waals surface area contributed by atoms with Crippen LogP contribution < -0.4 is 4.42 Å². The Morgan fingerprint density at radius 1 is 1.35 bits per heavy atom. The highest BCUT2D eigenvalue weighted by Crippen LogP contribution is 2.18. The van der Waals surface area contributed by atoms with Gasteiger partial charge in [-0.1, -0.05) is 6.92 Å². The highest BCUT2D eigenvalue weighted by Gasteiger charge is 2.14. The standard InChI is InChI=1S/C10H12ClNO4S/c1-2-17(15,16)7-12(11)9-5-3-8(4-6-9)10(13)14/h3-6H,2,7H2,1H3,(H,13,14). The van der Waals surface area contributed by atoms with Gasteiger partial charge in [-0.05, 0) is 24.3 Å². The molecule has 0 aliphatic carbocycles. The highest BCUT2D eigenvalue weighted by atomic mass is 35.5. The third kappa shape index (κ3) is 3.90. The Labute approximate surface area is 105 Å². The first-order valence-corrected chi connectivity index (χ1v) is 6.99. The first-order valence-electron chi connectivity index (χ1n) is 4.83. The summed E-state index contributed by atoms with van der Waals surface area (Å²) in [5.74, 6) is -1.35. The van der Waals surface area contributed by atoms with E-state index >= 15 is 0 Å². The molecule has 0 bridgehead atoms. The maximum absolute atomic E-state index is 11.3. The number of benzene rings is 1. The average molecular weight is 278 g/mol. The van der Waals surface area contributed by atoms with E-state index in [0.717, 1.165) is 4.42 Å². The number of hydrogen-bond acceptors (Lipinski definition) is 4. The van der Waals surface area contributed by atoms with E-state index in [1.165, 1.54) is 31.2 Å². The minimum absolute atomic E-state index is 0.00340. The maximum atomic E-state index is 11.3. The molecule has 1 aromatic rings. The smallest absolute Gasteiger partial charge is 0.335 e. The van der Waals surface area contributed by atoms with Gasteiger partial charge in [0.25, 0.3) is 0 Å². The zero-order chi connectivity index (χ0) is 13.1. The molecule has 0 saturated carbocycles. The van der Waals surface area contributed by atoms with E-state index in [4.69, 9.17) is 16.9 Å². The fourth-order valence-electron chi connectivity index (χ4n) is 1.10. The van der Waals surface area contributed by atoms with Crippen LogP contribution in [0.4, 0.5) is 5.69 Å². The predicted molar refractivity (Wildman–Crippen MR) is 66.1 cm³/mol. The molecule has 0 aliphatic heterocycles. The quantitative estimate of drug-likeness (QED) is 0.830. The van der Waals surface area contributed by atoms with Crippen molar-refractivity contribution in [1.82, 2.24) is 0 Å². The number of halogens is 1. The van der Waals surface area contributed by atoms with Gasteiger partial charge in [0.2, 0.25) is 0 Å². The van der Waals surface area contributed by atoms with Gasteiger partial charge in [0.15, 0.2) is 9.84 Å². The van der Waals surface area contributed by atoms with Crippen molar-refractivity contribution >= 4 is 33.3 Å². The van der Waals surface area contributed by atoms with Crippen LogP contribution in [0.5, 0.6) is 0 Å². The second-order valence-electron chi connectivity index (χ2n) is 3.38. The molecule has 0 saturated heterocycles. The van der Waals surface area contributed by atoms with Crippen LogP contribution in [-0.2, 0) is 9.84 Å². The molecule has 0 aromatic heterocycles. The molecule has 94 valence electrons. The summed E-state index contributed by atoms with van der Waals surface area (Å²) < 4.78 is 23.7. The molecule has 0 heterocycles. The van der Waals surface area contributed by atoms with Crippen molar-refractivity contribution < 1.29 is 18.3 Å². The summed E-state index contributed by atoms with van der Waals surface area (Å²) in [4.78, 5) is 10.6. The summed E-state index contributed by atoms with van der Waals surface area (Å²) in [5, 5.41) is 8.70. The van der Waals surface area contributed by atoms with Crippen LogP contribution in [0.1, 0.15) is 17.3 Å². The number of anilines is 1. The number of carboxylic acids is 1. The molecule has 7 heteroatoms. The predicted octanol–water partition coefficient (Wildman–Crippen LogP) is 1.74. The Bertz CT molecular complexity index is 498.